The highest BCUT2D eigenvalue weighted by Gasteiger charge is 2.49. The average molecular weight is 418 g/mol. The molecule has 2 aliphatic rings. The van der Waals surface area contributed by atoms with E-state index in [1.165, 1.54) is 4.90 Å². The van der Waals surface area contributed by atoms with Crippen molar-refractivity contribution in [3.8, 4) is 0 Å². The van der Waals surface area contributed by atoms with Crippen LogP contribution >= 0.6 is 11.8 Å². The van der Waals surface area contributed by atoms with Crippen molar-refractivity contribution in [2.75, 3.05) is 5.88 Å². The maximum atomic E-state index is 13.1. The van der Waals surface area contributed by atoms with E-state index in [9.17, 15) is 14.7 Å². The zero-order valence-corrected chi connectivity index (χ0v) is 17.9. The number of carbonyl (C=O) groups excluding carboxylic acids is 2. The molecule has 158 valence electrons. The van der Waals surface area contributed by atoms with Gasteiger partial charge in [-0.1, -0.05) is 42.5 Å². The normalized spacial score (nSPS) is 25.4. The number of nitrogens with two attached hydrogens (primary N) is 1. The lowest BCUT2D eigenvalue weighted by Crippen LogP contribution is -2.58. The molecule has 1 aromatic rings. The molecule has 29 heavy (non-hydrogen) atoms. The van der Waals surface area contributed by atoms with E-state index in [1.54, 1.807) is 11.8 Å². The van der Waals surface area contributed by atoms with Crippen LogP contribution in [0.4, 0.5) is 0 Å². The van der Waals surface area contributed by atoms with Gasteiger partial charge in [0.1, 0.15) is 12.1 Å². The monoisotopic (exact) mass is 417 g/mol. The number of allylic oxidation sites excluding steroid dienone is 1. The van der Waals surface area contributed by atoms with Gasteiger partial charge in [-0.25, -0.2) is 0 Å². The van der Waals surface area contributed by atoms with Gasteiger partial charge in [0.15, 0.2) is 0 Å². The lowest BCUT2D eigenvalue weighted by atomic mass is 9.96. The van der Waals surface area contributed by atoms with E-state index >= 15 is 0 Å². The first-order valence-corrected chi connectivity index (χ1v) is 11.2. The molecule has 4 atom stereocenters. The molecular weight excluding hydrogens is 386 g/mol. The second-order valence-electron chi connectivity index (χ2n) is 8.36. The minimum atomic E-state index is -1.35. The summed E-state index contributed by atoms with van der Waals surface area (Å²) < 4.78 is -0.443. The van der Waals surface area contributed by atoms with Crippen LogP contribution in [0.15, 0.2) is 42.5 Å². The molecule has 2 amide bonds. The molecule has 1 aromatic carbocycles. The number of hydrogen-bond acceptors (Lipinski definition) is 5. The molecule has 3 rings (SSSR count). The van der Waals surface area contributed by atoms with Crippen molar-refractivity contribution >= 4 is 23.6 Å². The Morgan fingerprint density at radius 1 is 1.34 bits per heavy atom. The summed E-state index contributed by atoms with van der Waals surface area (Å²) in [5.41, 5.74) is 7.10. The predicted molar refractivity (Wildman–Crippen MR) is 116 cm³/mol. The molecule has 7 heteroatoms. The van der Waals surface area contributed by atoms with Crippen molar-refractivity contribution in [2.24, 2.45) is 5.73 Å². The first-order chi connectivity index (χ1) is 13.8. The topological polar surface area (TPSA) is 95.7 Å². The van der Waals surface area contributed by atoms with E-state index < -0.39 is 28.8 Å². The maximum Gasteiger partial charge on any atom is 0.254 e. The molecule has 4 N–H and O–H groups in total. The number of benzene rings is 1. The van der Waals surface area contributed by atoms with Gasteiger partial charge in [-0.2, -0.15) is 0 Å². The van der Waals surface area contributed by atoms with E-state index in [1.807, 2.05) is 50.3 Å². The standard InChI is InChI=1S/C22H31N3O3S/c1-22(2)19(20(27)24-16-11-7-4-8-12-16)25(14-29-22)21(28)18(26)17(23)13-15-9-5-3-6-10-15/h3,5-7,9-11,16-19,26H,4,8,12-14,23H2,1-2H3,(H,24,27)/t16-,17?,18+,19?/m1/s1. The number of aliphatic hydroxyl groups excluding tert-OH is 1. The van der Waals surface area contributed by atoms with Crippen molar-refractivity contribution < 1.29 is 14.7 Å². The lowest BCUT2D eigenvalue weighted by molar-refractivity contribution is -0.147. The Morgan fingerprint density at radius 2 is 2.07 bits per heavy atom. The average Bonchev–Trinajstić information content (AvgIpc) is 3.03. The second-order valence-corrected chi connectivity index (χ2v) is 9.96. The molecule has 1 heterocycles. The van der Waals surface area contributed by atoms with Crippen molar-refractivity contribution in [3.63, 3.8) is 0 Å². The van der Waals surface area contributed by atoms with Crippen molar-refractivity contribution in [2.45, 2.75) is 68.5 Å². The number of aliphatic hydroxyl groups is 1. The van der Waals surface area contributed by atoms with Crippen LogP contribution in [0.2, 0.25) is 0 Å². The van der Waals surface area contributed by atoms with Gasteiger partial charge in [-0.3, -0.25) is 9.59 Å². The van der Waals surface area contributed by atoms with E-state index in [4.69, 9.17) is 5.73 Å². The number of nitrogens with zero attached hydrogens (tertiary/aromatic N) is 1. The fourth-order valence-corrected chi connectivity index (χ4v) is 5.10. The van der Waals surface area contributed by atoms with Gasteiger partial charge in [0.05, 0.1) is 5.88 Å². The van der Waals surface area contributed by atoms with Gasteiger partial charge in [-0.15, -0.1) is 11.8 Å². The third kappa shape index (κ3) is 5.21. The minimum Gasteiger partial charge on any atom is -0.382 e. The Hall–Kier alpha value is -1.83. The maximum absolute atomic E-state index is 13.1. The molecule has 6 nitrogen and oxygen atoms in total. The zero-order valence-electron chi connectivity index (χ0n) is 17.1. The smallest absolute Gasteiger partial charge is 0.254 e. The van der Waals surface area contributed by atoms with Crippen LogP contribution in [0.3, 0.4) is 0 Å². The molecule has 0 aromatic heterocycles. The number of hydrogen-bond donors (Lipinski definition) is 3. The van der Waals surface area contributed by atoms with Gasteiger partial charge in [-0.05, 0) is 45.1 Å². The quantitative estimate of drug-likeness (QED) is 0.614. The van der Waals surface area contributed by atoms with Crippen LogP contribution in [0, 0.1) is 0 Å². The molecule has 0 bridgehead atoms. The van der Waals surface area contributed by atoms with Gasteiger partial charge >= 0.3 is 0 Å². The van der Waals surface area contributed by atoms with Gasteiger partial charge in [0.25, 0.3) is 5.91 Å². The van der Waals surface area contributed by atoms with E-state index in [0.29, 0.717) is 12.3 Å². The Bertz CT molecular complexity index is 753. The van der Waals surface area contributed by atoms with Gasteiger partial charge in [0.2, 0.25) is 5.91 Å². The molecule has 1 aliphatic heterocycles. The summed E-state index contributed by atoms with van der Waals surface area (Å²) in [4.78, 5) is 27.6. The number of thioether (sulfide) groups is 1. The van der Waals surface area contributed by atoms with Crippen molar-refractivity contribution in [3.05, 3.63) is 48.0 Å². The van der Waals surface area contributed by atoms with Crippen LogP contribution < -0.4 is 11.1 Å². The lowest BCUT2D eigenvalue weighted by Gasteiger charge is -2.33. The zero-order chi connectivity index (χ0) is 21.0. The first kappa shape index (κ1) is 21.9. The van der Waals surface area contributed by atoms with E-state index in [2.05, 4.69) is 11.4 Å². The van der Waals surface area contributed by atoms with Gasteiger partial charge in [0, 0.05) is 16.8 Å². The molecule has 1 aliphatic carbocycles. The molecule has 0 saturated carbocycles. The third-order valence-electron chi connectivity index (χ3n) is 5.63. The molecule has 0 spiro atoms. The van der Waals surface area contributed by atoms with Crippen LogP contribution in [-0.2, 0) is 16.0 Å². The van der Waals surface area contributed by atoms with Crippen molar-refractivity contribution in [1.29, 1.82) is 0 Å². The Morgan fingerprint density at radius 3 is 2.72 bits per heavy atom. The third-order valence-corrected chi connectivity index (χ3v) is 7.01. The molecule has 2 unspecified atom stereocenters. The van der Waals surface area contributed by atoms with E-state index in [0.717, 1.165) is 24.8 Å². The molecule has 0 radical (unpaired) electrons. The number of carbonyl (C=O) groups is 2. The first-order valence-electron chi connectivity index (χ1n) is 10.2. The summed E-state index contributed by atoms with van der Waals surface area (Å²) in [5.74, 6) is -0.293. The van der Waals surface area contributed by atoms with E-state index in [-0.39, 0.29) is 11.9 Å². The Balaban J connectivity index is 1.69. The van der Waals surface area contributed by atoms with Crippen molar-refractivity contribution in [1.82, 2.24) is 10.2 Å². The number of amides is 2. The molecular formula is C22H31N3O3S. The highest BCUT2D eigenvalue weighted by Crippen LogP contribution is 2.40. The predicted octanol–water partition coefficient (Wildman–Crippen LogP) is 1.82. The Labute approximate surface area is 176 Å². The van der Waals surface area contributed by atoms with Crippen LogP contribution in [0.5, 0.6) is 0 Å². The summed E-state index contributed by atoms with van der Waals surface area (Å²) in [7, 11) is 0. The Kier molecular flexibility index (Phi) is 7.03. The highest BCUT2D eigenvalue weighted by molar-refractivity contribution is 8.00. The minimum absolute atomic E-state index is 0.000127. The number of rotatable bonds is 6. The molecule has 1 fully saturated rings. The fraction of sp³-hybridized carbons (Fsp3) is 0.545. The highest BCUT2D eigenvalue weighted by atomic mass is 32.2. The summed E-state index contributed by atoms with van der Waals surface area (Å²) in [6, 6.07) is 8.16. The second kappa shape index (κ2) is 9.32. The van der Waals surface area contributed by atoms with Crippen LogP contribution in [0.1, 0.15) is 38.7 Å². The molecule has 1 saturated heterocycles. The SMILES string of the molecule is CC1(C)SCN(C(=O)[C@@H](O)C(N)Cc2ccccc2)C1C(=O)N[C@@H]1C=CCCC1. The summed E-state index contributed by atoms with van der Waals surface area (Å²) in [5, 5.41) is 13.7. The summed E-state index contributed by atoms with van der Waals surface area (Å²) in [6.07, 6.45) is 6.12. The number of nitrogens with one attached hydrogen (secondary N) is 1. The summed E-state index contributed by atoms with van der Waals surface area (Å²) in [6.45, 7) is 3.92. The summed E-state index contributed by atoms with van der Waals surface area (Å²) >= 11 is 1.54. The largest absolute Gasteiger partial charge is 0.382 e. The van der Waals surface area contributed by atoms with Crippen LogP contribution in [-0.4, -0.2) is 56.7 Å². The van der Waals surface area contributed by atoms with Gasteiger partial charge < -0.3 is 21.1 Å². The van der Waals surface area contributed by atoms with Crippen LogP contribution in [0.25, 0.3) is 0 Å². The fourth-order valence-electron chi connectivity index (χ4n) is 3.96.